The summed E-state index contributed by atoms with van der Waals surface area (Å²) in [5, 5.41) is 0. The van der Waals surface area contributed by atoms with Gasteiger partial charge in [-0.25, -0.2) is 0 Å². The van der Waals surface area contributed by atoms with Crippen LogP contribution in [0.15, 0.2) is 18.2 Å². The van der Waals surface area contributed by atoms with E-state index in [1.165, 1.54) is 11.1 Å². The van der Waals surface area contributed by atoms with Gasteiger partial charge in [-0.15, -0.1) is 0 Å². The third-order valence-corrected chi connectivity index (χ3v) is 4.57. The molecule has 2 aliphatic rings. The van der Waals surface area contributed by atoms with Gasteiger partial charge in [0.2, 0.25) is 0 Å². The smallest absolute Gasteiger partial charge is 0.393 e. The number of nitrogens with two attached hydrogens (primary N) is 1. The summed E-state index contributed by atoms with van der Waals surface area (Å²) in [5.41, 5.74) is 8.87. The summed E-state index contributed by atoms with van der Waals surface area (Å²) in [6, 6.07) is 5.93. The quantitative estimate of drug-likeness (QED) is 0.799. The van der Waals surface area contributed by atoms with Crippen LogP contribution in [-0.2, 0) is 6.42 Å². The number of fused-ring (bicyclic) bond motifs is 1. The first kappa shape index (κ1) is 13.7. The lowest BCUT2D eigenvalue weighted by Gasteiger charge is -2.37. The number of piperidine rings is 1. The second-order valence-electron chi connectivity index (χ2n) is 5.89. The predicted molar refractivity (Wildman–Crippen MR) is 72.3 cm³/mol. The summed E-state index contributed by atoms with van der Waals surface area (Å²) in [7, 11) is 0. The van der Waals surface area contributed by atoms with Crippen molar-refractivity contribution >= 4 is 5.69 Å². The van der Waals surface area contributed by atoms with Gasteiger partial charge in [-0.1, -0.05) is 6.07 Å². The molecule has 3 rings (SSSR count). The molecule has 2 nitrogen and oxygen atoms in total. The minimum absolute atomic E-state index is 0.135. The largest absolute Gasteiger partial charge is 0.399 e. The topological polar surface area (TPSA) is 29.3 Å². The van der Waals surface area contributed by atoms with E-state index in [1.54, 1.807) is 0 Å². The molecule has 0 saturated carbocycles. The zero-order valence-electron chi connectivity index (χ0n) is 11.3. The number of hydrogen-bond donors (Lipinski definition) is 1. The Morgan fingerprint density at radius 1 is 1.20 bits per heavy atom. The summed E-state index contributed by atoms with van der Waals surface area (Å²) >= 11 is 0. The monoisotopic (exact) mass is 284 g/mol. The molecule has 0 bridgehead atoms. The first-order valence-corrected chi connectivity index (χ1v) is 7.14. The number of rotatable bonds is 1. The van der Waals surface area contributed by atoms with Crippen LogP contribution in [0.2, 0.25) is 0 Å². The van der Waals surface area contributed by atoms with Crippen LogP contribution < -0.4 is 5.73 Å². The lowest BCUT2D eigenvalue weighted by atomic mass is 9.95. The summed E-state index contributed by atoms with van der Waals surface area (Å²) in [6.45, 7) is 0.902. The normalized spacial score (nSPS) is 27.6. The maximum Gasteiger partial charge on any atom is 0.393 e. The van der Waals surface area contributed by atoms with Crippen LogP contribution in [0.1, 0.15) is 36.4 Å². The maximum absolute atomic E-state index is 12.9. The zero-order chi connectivity index (χ0) is 14.3. The van der Waals surface area contributed by atoms with Crippen molar-refractivity contribution in [1.82, 2.24) is 4.90 Å². The van der Waals surface area contributed by atoms with Gasteiger partial charge in [0.05, 0.1) is 5.92 Å². The highest BCUT2D eigenvalue weighted by molar-refractivity contribution is 5.47. The minimum Gasteiger partial charge on any atom is -0.399 e. The van der Waals surface area contributed by atoms with Crippen LogP contribution in [-0.4, -0.2) is 24.2 Å². The number of nitrogens with zero attached hydrogens (tertiary/aromatic N) is 1. The van der Waals surface area contributed by atoms with Crippen molar-refractivity contribution in [3.8, 4) is 0 Å². The molecule has 0 radical (unpaired) electrons. The maximum atomic E-state index is 12.9. The van der Waals surface area contributed by atoms with Crippen LogP contribution in [0.3, 0.4) is 0 Å². The number of aryl methyl sites for hydroxylation is 1. The summed E-state index contributed by atoms with van der Waals surface area (Å²) in [6.07, 6.45) is -1.35. The number of anilines is 1. The van der Waals surface area contributed by atoms with Crippen molar-refractivity contribution in [1.29, 1.82) is 0 Å². The van der Waals surface area contributed by atoms with Crippen molar-refractivity contribution in [3.05, 3.63) is 29.3 Å². The average Bonchev–Trinajstić information content (AvgIpc) is 2.80. The lowest BCUT2D eigenvalue weighted by Crippen LogP contribution is -2.42. The van der Waals surface area contributed by atoms with Gasteiger partial charge < -0.3 is 5.73 Å². The van der Waals surface area contributed by atoms with E-state index in [-0.39, 0.29) is 19.0 Å². The molecule has 1 aliphatic heterocycles. The lowest BCUT2D eigenvalue weighted by molar-refractivity contribution is -0.188. The summed E-state index contributed by atoms with van der Waals surface area (Å²) in [4.78, 5) is 2.02. The number of benzene rings is 1. The van der Waals surface area contributed by atoms with Crippen molar-refractivity contribution in [2.24, 2.45) is 5.92 Å². The molecule has 1 aromatic carbocycles. The Kier molecular flexibility index (Phi) is 3.40. The molecule has 1 fully saturated rings. The first-order chi connectivity index (χ1) is 9.45. The highest BCUT2D eigenvalue weighted by Crippen LogP contribution is 2.41. The molecular formula is C15H19F3N2. The molecule has 20 heavy (non-hydrogen) atoms. The van der Waals surface area contributed by atoms with Crippen molar-refractivity contribution in [3.63, 3.8) is 0 Å². The fraction of sp³-hybridized carbons (Fsp3) is 0.600. The molecule has 1 aliphatic carbocycles. The van der Waals surface area contributed by atoms with E-state index in [4.69, 9.17) is 5.73 Å². The van der Waals surface area contributed by atoms with E-state index < -0.39 is 12.1 Å². The van der Waals surface area contributed by atoms with Crippen LogP contribution >= 0.6 is 0 Å². The fourth-order valence-electron chi connectivity index (χ4n) is 3.55. The summed E-state index contributed by atoms with van der Waals surface area (Å²) < 4.78 is 38.7. The van der Waals surface area contributed by atoms with Gasteiger partial charge in [0, 0.05) is 18.3 Å². The Morgan fingerprint density at radius 3 is 2.75 bits per heavy atom. The van der Waals surface area contributed by atoms with E-state index >= 15 is 0 Å². The Balaban J connectivity index is 1.78. The molecule has 1 saturated heterocycles. The van der Waals surface area contributed by atoms with Crippen LogP contribution in [0.5, 0.6) is 0 Å². The number of hydrogen-bond acceptors (Lipinski definition) is 2. The van der Waals surface area contributed by atoms with Crippen molar-refractivity contribution in [2.45, 2.75) is 37.9 Å². The number of alkyl halides is 3. The van der Waals surface area contributed by atoms with E-state index in [0.717, 1.165) is 25.1 Å². The van der Waals surface area contributed by atoms with Gasteiger partial charge in [0.15, 0.2) is 0 Å². The predicted octanol–water partition coefficient (Wildman–Crippen LogP) is 3.53. The fourth-order valence-corrected chi connectivity index (χ4v) is 3.55. The molecule has 1 heterocycles. The van der Waals surface area contributed by atoms with Gasteiger partial charge in [-0.2, -0.15) is 13.2 Å². The molecule has 2 atom stereocenters. The van der Waals surface area contributed by atoms with E-state index in [1.807, 2.05) is 23.1 Å². The third-order valence-electron chi connectivity index (χ3n) is 4.57. The molecule has 0 spiro atoms. The molecule has 1 aromatic rings. The number of likely N-dealkylation sites (tertiary alicyclic amines) is 1. The number of halogens is 3. The standard InChI is InChI=1S/C15H19F3N2/c16-15(17,18)11-2-1-7-20(9-11)14-6-3-10-8-12(19)4-5-13(10)14/h4-5,8,11,14H,1-3,6-7,9,19H2. The van der Waals surface area contributed by atoms with Crippen molar-refractivity contribution in [2.75, 3.05) is 18.8 Å². The van der Waals surface area contributed by atoms with E-state index in [9.17, 15) is 13.2 Å². The molecule has 0 aromatic heterocycles. The van der Waals surface area contributed by atoms with Gasteiger partial charge in [-0.05, 0) is 55.5 Å². The minimum atomic E-state index is -4.07. The highest BCUT2D eigenvalue weighted by Gasteiger charge is 2.43. The molecule has 110 valence electrons. The van der Waals surface area contributed by atoms with Gasteiger partial charge in [0.25, 0.3) is 0 Å². The van der Waals surface area contributed by atoms with Crippen LogP contribution in [0.4, 0.5) is 18.9 Å². The SMILES string of the molecule is Nc1ccc2c(c1)CCC2N1CCCC(C(F)(F)F)C1. The molecular weight excluding hydrogens is 265 g/mol. The second-order valence-corrected chi connectivity index (χ2v) is 5.89. The van der Waals surface area contributed by atoms with Gasteiger partial charge >= 0.3 is 6.18 Å². The van der Waals surface area contributed by atoms with Crippen LogP contribution in [0, 0.1) is 5.92 Å². The molecule has 2 N–H and O–H groups in total. The van der Waals surface area contributed by atoms with Gasteiger partial charge in [-0.3, -0.25) is 4.90 Å². The third kappa shape index (κ3) is 2.51. The van der Waals surface area contributed by atoms with Crippen molar-refractivity contribution < 1.29 is 13.2 Å². The molecule has 5 heteroatoms. The van der Waals surface area contributed by atoms with E-state index in [2.05, 4.69) is 0 Å². The Labute approximate surface area is 116 Å². The Morgan fingerprint density at radius 2 is 2.00 bits per heavy atom. The van der Waals surface area contributed by atoms with Crippen LogP contribution in [0.25, 0.3) is 0 Å². The molecule has 2 unspecified atom stereocenters. The van der Waals surface area contributed by atoms with Gasteiger partial charge in [0.1, 0.15) is 0 Å². The average molecular weight is 284 g/mol. The summed E-state index contributed by atoms with van der Waals surface area (Å²) in [5.74, 6) is -1.17. The Hall–Kier alpha value is -1.23. The number of nitrogen functional groups attached to an aromatic ring is 1. The first-order valence-electron chi connectivity index (χ1n) is 7.14. The zero-order valence-corrected chi connectivity index (χ0v) is 11.3. The molecule has 0 amide bonds. The Bertz CT molecular complexity index is 498. The highest BCUT2D eigenvalue weighted by atomic mass is 19.4. The second kappa shape index (κ2) is 4.95. The van der Waals surface area contributed by atoms with E-state index in [0.29, 0.717) is 6.42 Å².